The first-order chi connectivity index (χ1) is 16.1. The van der Waals surface area contributed by atoms with Crippen LogP contribution in [0.25, 0.3) is 0 Å². The van der Waals surface area contributed by atoms with E-state index in [-0.39, 0.29) is 30.6 Å². The van der Waals surface area contributed by atoms with Gasteiger partial charge < -0.3 is 24.4 Å². The van der Waals surface area contributed by atoms with Crippen molar-refractivity contribution >= 4 is 29.1 Å². The molecule has 2 aromatic rings. The lowest BCUT2D eigenvalue weighted by atomic mass is 10.1. The van der Waals surface area contributed by atoms with Crippen LogP contribution in [0.3, 0.4) is 0 Å². The van der Waals surface area contributed by atoms with Gasteiger partial charge in [0.25, 0.3) is 11.8 Å². The highest BCUT2D eigenvalue weighted by molar-refractivity contribution is 7.09. The predicted octanol–water partition coefficient (Wildman–Crippen LogP) is 3.05. The van der Waals surface area contributed by atoms with Gasteiger partial charge in [0.2, 0.25) is 0 Å². The molecule has 0 bridgehead atoms. The van der Waals surface area contributed by atoms with Gasteiger partial charge in [-0.1, -0.05) is 6.07 Å². The molecule has 0 saturated carbocycles. The predicted molar refractivity (Wildman–Crippen MR) is 125 cm³/mol. The summed E-state index contributed by atoms with van der Waals surface area (Å²) in [4.78, 5) is 39.7. The van der Waals surface area contributed by atoms with Gasteiger partial charge in [-0.3, -0.25) is 9.59 Å². The van der Waals surface area contributed by atoms with Crippen molar-refractivity contribution in [3.63, 3.8) is 0 Å². The number of hydrogen-bond donors (Lipinski definition) is 1. The zero-order chi connectivity index (χ0) is 23.5. The first-order valence-corrected chi connectivity index (χ1v) is 12.1. The van der Waals surface area contributed by atoms with E-state index in [1.807, 2.05) is 24.4 Å². The van der Waals surface area contributed by atoms with Crippen molar-refractivity contribution in [1.82, 2.24) is 10.2 Å². The zero-order valence-corrected chi connectivity index (χ0v) is 19.7. The molecule has 1 aliphatic heterocycles. The minimum atomic E-state index is -0.639. The van der Waals surface area contributed by atoms with E-state index in [9.17, 15) is 14.4 Å². The van der Waals surface area contributed by atoms with E-state index < -0.39 is 5.97 Å². The summed E-state index contributed by atoms with van der Waals surface area (Å²) in [5, 5.41) is 4.72. The molecule has 2 heterocycles. The third-order valence-electron chi connectivity index (χ3n) is 5.15. The molecule has 0 unspecified atom stereocenters. The number of nitrogens with one attached hydrogen (secondary N) is 1. The maximum absolute atomic E-state index is 12.4. The molecule has 1 fully saturated rings. The molecule has 1 aliphatic rings. The molecule has 9 heteroatoms. The monoisotopic (exact) mass is 474 g/mol. The highest BCUT2D eigenvalue weighted by Crippen LogP contribution is 2.29. The number of carbonyl (C=O) groups is 3. The number of hydrogen-bond acceptors (Lipinski definition) is 7. The van der Waals surface area contributed by atoms with Crippen LogP contribution in [0.2, 0.25) is 0 Å². The van der Waals surface area contributed by atoms with Gasteiger partial charge in [0.1, 0.15) is 0 Å². The highest BCUT2D eigenvalue weighted by atomic mass is 32.1. The summed E-state index contributed by atoms with van der Waals surface area (Å²) >= 11 is 1.63. The van der Waals surface area contributed by atoms with Crippen molar-refractivity contribution in [2.24, 2.45) is 0 Å². The van der Waals surface area contributed by atoms with Crippen molar-refractivity contribution in [3.8, 4) is 11.5 Å². The average Bonchev–Trinajstić information content (AvgIpc) is 3.36. The Hall–Kier alpha value is -3.07. The second-order valence-electron chi connectivity index (χ2n) is 7.58. The third kappa shape index (κ3) is 7.78. The number of ether oxygens (including phenoxy) is 3. The Balaban J connectivity index is 1.48. The van der Waals surface area contributed by atoms with E-state index in [4.69, 9.17) is 14.2 Å². The number of esters is 1. The number of rotatable bonds is 11. The van der Waals surface area contributed by atoms with Crippen LogP contribution < -0.4 is 14.8 Å². The van der Waals surface area contributed by atoms with Crippen molar-refractivity contribution in [2.75, 3.05) is 39.5 Å². The molecule has 1 saturated heterocycles. The van der Waals surface area contributed by atoms with Crippen LogP contribution in [0, 0.1) is 0 Å². The lowest BCUT2D eigenvalue weighted by molar-refractivity contribution is -0.134. The Morgan fingerprint density at radius 2 is 1.85 bits per heavy atom. The van der Waals surface area contributed by atoms with Gasteiger partial charge in [0.05, 0.1) is 12.2 Å². The molecule has 3 rings (SSSR count). The van der Waals surface area contributed by atoms with Crippen molar-refractivity contribution in [3.05, 3.63) is 46.2 Å². The van der Waals surface area contributed by atoms with Crippen molar-refractivity contribution in [1.29, 1.82) is 0 Å². The first-order valence-electron chi connectivity index (χ1n) is 11.2. The normalized spacial score (nSPS) is 13.3. The Kier molecular flexibility index (Phi) is 9.56. The smallest absolute Gasteiger partial charge is 0.338 e. The summed E-state index contributed by atoms with van der Waals surface area (Å²) in [6.45, 7) is 3.72. The Labute approximate surface area is 197 Å². The van der Waals surface area contributed by atoms with Crippen LogP contribution in [0.4, 0.5) is 0 Å². The van der Waals surface area contributed by atoms with Gasteiger partial charge in [-0.25, -0.2) is 4.79 Å². The van der Waals surface area contributed by atoms with E-state index in [0.29, 0.717) is 24.7 Å². The van der Waals surface area contributed by atoms with Crippen molar-refractivity contribution in [2.45, 2.75) is 32.6 Å². The Morgan fingerprint density at radius 3 is 2.58 bits per heavy atom. The molecular formula is C24H30N2O6S. The molecule has 1 N–H and O–H groups in total. The van der Waals surface area contributed by atoms with Gasteiger partial charge >= 0.3 is 5.97 Å². The van der Waals surface area contributed by atoms with Gasteiger partial charge in [0.15, 0.2) is 24.7 Å². The molecule has 178 valence electrons. The summed E-state index contributed by atoms with van der Waals surface area (Å²) in [6.07, 6.45) is 3.91. The summed E-state index contributed by atoms with van der Waals surface area (Å²) in [6, 6.07) is 8.57. The fourth-order valence-electron chi connectivity index (χ4n) is 3.44. The van der Waals surface area contributed by atoms with E-state index in [0.717, 1.165) is 38.8 Å². The maximum Gasteiger partial charge on any atom is 0.338 e. The molecule has 0 spiro atoms. The zero-order valence-electron chi connectivity index (χ0n) is 18.8. The summed E-state index contributed by atoms with van der Waals surface area (Å²) in [7, 11) is 0. The molecule has 0 aliphatic carbocycles. The fraction of sp³-hybridized carbons (Fsp3) is 0.458. The minimum absolute atomic E-state index is 0.0641. The number of amides is 2. The maximum atomic E-state index is 12.4. The fourth-order valence-corrected chi connectivity index (χ4v) is 4.15. The molecule has 0 radical (unpaired) electrons. The van der Waals surface area contributed by atoms with E-state index >= 15 is 0 Å². The Morgan fingerprint density at radius 1 is 1.03 bits per heavy atom. The molecule has 2 amide bonds. The molecular weight excluding hydrogens is 444 g/mol. The first kappa shape index (κ1) is 24.6. The van der Waals surface area contributed by atoms with Crippen LogP contribution >= 0.6 is 11.3 Å². The largest absolute Gasteiger partial charge is 0.490 e. The van der Waals surface area contributed by atoms with Crippen LogP contribution in [0.5, 0.6) is 11.5 Å². The lowest BCUT2D eigenvalue weighted by Crippen LogP contribution is -2.38. The van der Waals surface area contributed by atoms with Crippen LogP contribution in [-0.2, 0) is 20.7 Å². The highest BCUT2D eigenvalue weighted by Gasteiger charge is 2.19. The van der Waals surface area contributed by atoms with E-state index in [2.05, 4.69) is 5.32 Å². The number of piperidine rings is 1. The SMILES string of the molecule is CCOc1cc(C(=O)OCC(=O)NCCc2cccs2)ccc1OCC(=O)N1CCCCC1. The molecule has 8 nitrogen and oxygen atoms in total. The number of thiophene rings is 1. The summed E-state index contributed by atoms with van der Waals surface area (Å²) < 4.78 is 16.4. The molecule has 33 heavy (non-hydrogen) atoms. The van der Waals surface area contributed by atoms with Gasteiger partial charge in [0, 0.05) is 24.5 Å². The number of likely N-dealkylation sites (tertiary alicyclic amines) is 1. The van der Waals surface area contributed by atoms with Crippen LogP contribution in [-0.4, -0.2) is 62.1 Å². The van der Waals surface area contributed by atoms with E-state index in [1.54, 1.807) is 22.3 Å². The number of carbonyl (C=O) groups excluding carboxylic acids is 3. The second kappa shape index (κ2) is 12.8. The van der Waals surface area contributed by atoms with E-state index in [1.165, 1.54) is 17.0 Å². The molecule has 1 aromatic carbocycles. The summed E-state index contributed by atoms with van der Waals surface area (Å²) in [5.74, 6) is -0.337. The summed E-state index contributed by atoms with van der Waals surface area (Å²) in [5.41, 5.74) is 0.236. The second-order valence-corrected chi connectivity index (χ2v) is 8.61. The minimum Gasteiger partial charge on any atom is -0.490 e. The number of benzene rings is 1. The quantitative estimate of drug-likeness (QED) is 0.503. The van der Waals surface area contributed by atoms with Crippen molar-refractivity contribution < 1.29 is 28.6 Å². The third-order valence-corrected chi connectivity index (χ3v) is 6.08. The van der Waals surface area contributed by atoms with Crippen LogP contribution in [0.1, 0.15) is 41.4 Å². The Bertz CT molecular complexity index is 925. The van der Waals surface area contributed by atoms with Gasteiger partial charge in [-0.2, -0.15) is 0 Å². The molecule has 0 atom stereocenters. The van der Waals surface area contributed by atoms with Crippen LogP contribution in [0.15, 0.2) is 35.7 Å². The lowest BCUT2D eigenvalue weighted by Gasteiger charge is -2.26. The van der Waals surface area contributed by atoms with Gasteiger partial charge in [-0.15, -0.1) is 11.3 Å². The topological polar surface area (TPSA) is 94.2 Å². The molecule has 1 aromatic heterocycles. The number of nitrogens with zero attached hydrogens (tertiary/aromatic N) is 1. The standard InChI is InChI=1S/C24H30N2O6S/c1-2-30-21-15-18(8-9-20(21)31-17-23(28)26-12-4-3-5-13-26)24(29)32-16-22(27)25-11-10-19-7-6-14-33-19/h6-9,14-15H,2-5,10-13,16-17H2,1H3,(H,25,27). The average molecular weight is 475 g/mol. The van der Waals surface area contributed by atoms with Gasteiger partial charge in [-0.05, 0) is 62.3 Å².